The van der Waals surface area contributed by atoms with Crippen LogP contribution in [-0.2, 0) is 14.8 Å². The van der Waals surface area contributed by atoms with Gasteiger partial charge in [0.1, 0.15) is 11.6 Å². The van der Waals surface area contributed by atoms with Crippen molar-refractivity contribution in [2.75, 3.05) is 12.9 Å². The molecule has 1 N–H and O–H groups in total. The van der Waals surface area contributed by atoms with Gasteiger partial charge in [-0.2, -0.15) is 0 Å². The van der Waals surface area contributed by atoms with Crippen LogP contribution in [0.1, 0.15) is 0 Å². The molecule has 1 aromatic rings. The molecule has 0 spiro atoms. The summed E-state index contributed by atoms with van der Waals surface area (Å²) in [5, 5.41) is -0.00263. The van der Waals surface area contributed by atoms with E-state index in [4.69, 9.17) is 16.3 Å². The molecular weight excluding hydrogens is 273 g/mol. The van der Waals surface area contributed by atoms with Gasteiger partial charge in [0.25, 0.3) is 5.91 Å². The Bertz CT molecular complexity index is 532. The van der Waals surface area contributed by atoms with Crippen LogP contribution in [-0.4, -0.2) is 27.2 Å². The van der Waals surface area contributed by atoms with Gasteiger partial charge in [0, 0.05) is 0 Å². The minimum atomic E-state index is -3.62. The van der Waals surface area contributed by atoms with Crippen molar-refractivity contribution in [1.29, 1.82) is 0 Å². The lowest BCUT2D eigenvalue weighted by Crippen LogP contribution is -2.33. The van der Waals surface area contributed by atoms with Gasteiger partial charge < -0.3 is 4.74 Å². The molecule has 17 heavy (non-hydrogen) atoms. The third-order valence-electron chi connectivity index (χ3n) is 1.55. The first kappa shape index (κ1) is 13.7. The zero-order valence-corrected chi connectivity index (χ0v) is 10.3. The maximum Gasteiger partial charge on any atom is 0.271 e. The van der Waals surface area contributed by atoms with Crippen LogP contribution in [0.3, 0.4) is 0 Å². The average Bonchev–Trinajstić information content (AvgIpc) is 2.13. The number of nitrogens with one attached hydrogen (secondary N) is 1. The highest BCUT2D eigenvalue weighted by atomic mass is 35.5. The topological polar surface area (TPSA) is 72.5 Å². The Hall–Kier alpha value is -1.34. The minimum absolute atomic E-state index is 0.00263. The molecular formula is C9H9ClFNO4S. The van der Waals surface area contributed by atoms with Crippen LogP contribution in [0.4, 0.5) is 4.39 Å². The number of hydrogen-bond acceptors (Lipinski definition) is 4. The van der Waals surface area contributed by atoms with Crippen molar-refractivity contribution in [3.8, 4) is 5.75 Å². The third kappa shape index (κ3) is 5.01. The van der Waals surface area contributed by atoms with Crippen molar-refractivity contribution in [2.24, 2.45) is 0 Å². The molecule has 0 heterocycles. The van der Waals surface area contributed by atoms with Crippen LogP contribution < -0.4 is 9.46 Å². The number of sulfonamides is 1. The molecule has 0 fully saturated rings. The third-order valence-corrected chi connectivity index (χ3v) is 2.45. The Kier molecular flexibility index (Phi) is 4.30. The van der Waals surface area contributed by atoms with Gasteiger partial charge in [-0.1, -0.05) is 11.6 Å². The number of ether oxygens (including phenoxy) is 1. The Morgan fingerprint density at radius 2 is 2.18 bits per heavy atom. The van der Waals surface area contributed by atoms with Crippen LogP contribution in [0.2, 0.25) is 5.02 Å². The molecule has 0 saturated heterocycles. The molecule has 0 aromatic heterocycles. The van der Waals surface area contributed by atoms with Gasteiger partial charge in [-0.3, -0.25) is 9.52 Å². The number of benzene rings is 1. The molecule has 0 unspecified atom stereocenters. The van der Waals surface area contributed by atoms with E-state index in [9.17, 15) is 17.6 Å². The predicted molar refractivity (Wildman–Crippen MR) is 59.9 cm³/mol. The lowest BCUT2D eigenvalue weighted by atomic mass is 10.3. The summed E-state index contributed by atoms with van der Waals surface area (Å²) >= 11 is 5.63. The lowest BCUT2D eigenvalue weighted by molar-refractivity contribution is -0.121. The number of amides is 1. The smallest absolute Gasteiger partial charge is 0.271 e. The van der Waals surface area contributed by atoms with Crippen molar-refractivity contribution in [3.05, 3.63) is 29.0 Å². The Labute approximate surface area is 103 Å². The van der Waals surface area contributed by atoms with Gasteiger partial charge in [0.05, 0.1) is 11.3 Å². The number of rotatable bonds is 4. The second-order valence-corrected chi connectivity index (χ2v) is 5.32. The zero-order chi connectivity index (χ0) is 13.1. The fraction of sp³-hybridized carbons (Fsp3) is 0.222. The molecule has 0 bridgehead atoms. The van der Waals surface area contributed by atoms with Crippen LogP contribution in [0, 0.1) is 5.82 Å². The van der Waals surface area contributed by atoms with E-state index in [1.54, 1.807) is 4.72 Å². The highest BCUT2D eigenvalue weighted by Gasteiger charge is 2.10. The Morgan fingerprint density at radius 3 is 2.71 bits per heavy atom. The van der Waals surface area contributed by atoms with Crippen molar-refractivity contribution in [3.63, 3.8) is 0 Å². The summed E-state index contributed by atoms with van der Waals surface area (Å²) in [5.74, 6) is -1.28. The standard InChI is InChI=1S/C9H9ClFNO4S/c1-17(14,15)12-9(13)5-16-8-3-2-6(11)4-7(8)10/h2-4H,5H2,1H3,(H,12,13). The van der Waals surface area contributed by atoms with Gasteiger partial charge in [-0.05, 0) is 18.2 Å². The fourth-order valence-corrected chi connectivity index (χ4v) is 1.67. The van der Waals surface area contributed by atoms with Crippen LogP contribution >= 0.6 is 11.6 Å². The molecule has 1 rings (SSSR count). The van der Waals surface area contributed by atoms with Crippen LogP contribution in [0.15, 0.2) is 18.2 Å². The highest BCUT2D eigenvalue weighted by molar-refractivity contribution is 7.89. The molecule has 1 amide bonds. The molecule has 0 aliphatic rings. The summed E-state index contributed by atoms with van der Waals surface area (Å²) in [6, 6.07) is 3.37. The predicted octanol–water partition coefficient (Wildman–Crippen LogP) is 0.934. The van der Waals surface area contributed by atoms with E-state index < -0.39 is 28.4 Å². The summed E-state index contributed by atoms with van der Waals surface area (Å²) in [7, 11) is -3.62. The van der Waals surface area contributed by atoms with E-state index in [2.05, 4.69) is 0 Å². The van der Waals surface area contributed by atoms with Crippen molar-refractivity contribution < 1.29 is 22.3 Å². The quantitative estimate of drug-likeness (QED) is 0.891. The average molecular weight is 282 g/mol. The van der Waals surface area contributed by atoms with Crippen molar-refractivity contribution in [2.45, 2.75) is 0 Å². The minimum Gasteiger partial charge on any atom is -0.482 e. The molecule has 0 atom stereocenters. The first-order valence-corrected chi connectivity index (χ1v) is 6.63. The number of halogens is 2. The first-order chi connectivity index (χ1) is 7.78. The maximum atomic E-state index is 12.7. The van der Waals surface area contributed by atoms with E-state index in [1.165, 1.54) is 6.07 Å². The van der Waals surface area contributed by atoms with Crippen LogP contribution in [0.5, 0.6) is 5.75 Å². The molecule has 0 aliphatic carbocycles. The maximum absolute atomic E-state index is 12.7. The molecule has 1 aromatic carbocycles. The van der Waals surface area contributed by atoms with E-state index in [-0.39, 0.29) is 10.8 Å². The monoisotopic (exact) mass is 281 g/mol. The van der Waals surface area contributed by atoms with Crippen LogP contribution in [0.25, 0.3) is 0 Å². The van der Waals surface area contributed by atoms with E-state index in [1.807, 2.05) is 0 Å². The largest absolute Gasteiger partial charge is 0.482 e. The molecule has 5 nitrogen and oxygen atoms in total. The molecule has 8 heteroatoms. The number of carbonyl (C=O) groups is 1. The Balaban J connectivity index is 2.59. The fourth-order valence-electron chi connectivity index (χ4n) is 0.972. The van der Waals surface area contributed by atoms with E-state index in [0.717, 1.165) is 18.4 Å². The molecule has 0 aliphatic heterocycles. The summed E-state index contributed by atoms with van der Waals surface area (Å²) in [6.45, 7) is -0.529. The van der Waals surface area contributed by atoms with Gasteiger partial charge >= 0.3 is 0 Å². The normalized spacial score (nSPS) is 11.0. The van der Waals surface area contributed by atoms with Gasteiger partial charge in [0.15, 0.2) is 6.61 Å². The van der Waals surface area contributed by atoms with Crippen molar-refractivity contribution >= 4 is 27.5 Å². The second kappa shape index (κ2) is 5.33. The second-order valence-electron chi connectivity index (χ2n) is 3.16. The van der Waals surface area contributed by atoms with E-state index >= 15 is 0 Å². The van der Waals surface area contributed by atoms with Gasteiger partial charge in [-0.25, -0.2) is 12.8 Å². The summed E-state index contributed by atoms with van der Waals surface area (Å²) < 4.78 is 40.7. The zero-order valence-electron chi connectivity index (χ0n) is 8.74. The van der Waals surface area contributed by atoms with Gasteiger partial charge in [0.2, 0.25) is 10.0 Å². The first-order valence-electron chi connectivity index (χ1n) is 4.36. The molecule has 0 saturated carbocycles. The summed E-state index contributed by atoms with van der Waals surface area (Å²) in [5.41, 5.74) is 0. The van der Waals surface area contributed by atoms with Crippen molar-refractivity contribution in [1.82, 2.24) is 4.72 Å². The van der Waals surface area contributed by atoms with Gasteiger partial charge in [-0.15, -0.1) is 0 Å². The summed E-state index contributed by atoms with van der Waals surface area (Å²) in [6.07, 6.45) is 0.843. The SMILES string of the molecule is CS(=O)(=O)NC(=O)COc1ccc(F)cc1Cl. The highest BCUT2D eigenvalue weighted by Crippen LogP contribution is 2.24. The lowest BCUT2D eigenvalue weighted by Gasteiger charge is -2.07. The Morgan fingerprint density at radius 1 is 1.53 bits per heavy atom. The van der Waals surface area contributed by atoms with E-state index in [0.29, 0.717) is 0 Å². The summed E-state index contributed by atoms with van der Waals surface area (Å²) in [4.78, 5) is 11.1. The number of carbonyl (C=O) groups excluding carboxylic acids is 1. The molecule has 0 radical (unpaired) electrons. The number of hydrogen-bond donors (Lipinski definition) is 1. The molecule has 94 valence electrons.